The lowest BCUT2D eigenvalue weighted by Gasteiger charge is -2.10. The second kappa shape index (κ2) is 7.07. The van der Waals surface area contributed by atoms with Gasteiger partial charge in [-0.15, -0.1) is 0 Å². The molecule has 2 aromatic rings. The number of nitrogens with zero attached hydrogens (tertiary/aromatic N) is 1. The van der Waals surface area contributed by atoms with Gasteiger partial charge in [0.1, 0.15) is 5.69 Å². The molecule has 4 heteroatoms. The molecule has 0 radical (unpaired) electrons. The van der Waals surface area contributed by atoms with Gasteiger partial charge in [0, 0.05) is 24.1 Å². The van der Waals surface area contributed by atoms with E-state index < -0.39 is 0 Å². The van der Waals surface area contributed by atoms with Crippen LogP contribution in [0.3, 0.4) is 0 Å². The molecule has 0 unspecified atom stereocenters. The Kier molecular flexibility index (Phi) is 5.15. The van der Waals surface area contributed by atoms with Crippen LogP contribution in [-0.2, 0) is 0 Å². The summed E-state index contributed by atoms with van der Waals surface area (Å²) in [6.07, 6.45) is 1.65. The van der Waals surface area contributed by atoms with Gasteiger partial charge in [0.05, 0.1) is 0 Å². The molecule has 4 nitrogen and oxygen atoms in total. The number of benzene rings is 1. The van der Waals surface area contributed by atoms with Gasteiger partial charge in [-0.1, -0.05) is 19.9 Å². The molecular formula is C18H23N3O. The number of anilines is 2. The van der Waals surface area contributed by atoms with Crippen LogP contribution in [0.1, 0.15) is 35.5 Å². The molecule has 116 valence electrons. The van der Waals surface area contributed by atoms with Crippen LogP contribution in [0.5, 0.6) is 0 Å². The third kappa shape index (κ3) is 4.32. The van der Waals surface area contributed by atoms with Gasteiger partial charge in [0.25, 0.3) is 5.91 Å². The minimum atomic E-state index is -0.141. The predicted octanol–water partition coefficient (Wildman–Crippen LogP) is 3.83. The molecule has 0 aliphatic rings. The summed E-state index contributed by atoms with van der Waals surface area (Å²) in [5.41, 5.74) is 4.77. The van der Waals surface area contributed by atoms with Crippen molar-refractivity contribution >= 4 is 17.3 Å². The summed E-state index contributed by atoms with van der Waals surface area (Å²) in [4.78, 5) is 16.2. The van der Waals surface area contributed by atoms with Crippen LogP contribution in [0.25, 0.3) is 0 Å². The van der Waals surface area contributed by atoms with Crippen molar-refractivity contribution in [3.05, 3.63) is 53.3 Å². The molecule has 0 saturated heterocycles. The lowest BCUT2D eigenvalue weighted by molar-refractivity contribution is 0.0944. The Balaban J connectivity index is 2.10. The van der Waals surface area contributed by atoms with Gasteiger partial charge in [-0.2, -0.15) is 0 Å². The van der Waals surface area contributed by atoms with Gasteiger partial charge < -0.3 is 10.6 Å². The average Bonchev–Trinajstić information content (AvgIpc) is 2.49. The van der Waals surface area contributed by atoms with Gasteiger partial charge in [-0.3, -0.25) is 9.78 Å². The fourth-order valence-electron chi connectivity index (χ4n) is 2.01. The van der Waals surface area contributed by atoms with E-state index in [2.05, 4.69) is 55.4 Å². The topological polar surface area (TPSA) is 54.0 Å². The fourth-order valence-corrected chi connectivity index (χ4v) is 2.01. The maximum absolute atomic E-state index is 12.1. The van der Waals surface area contributed by atoms with E-state index in [1.54, 1.807) is 12.3 Å². The van der Waals surface area contributed by atoms with Crippen molar-refractivity contribution in [2.24, 2.45) is 5.92 Å². The molecule has 0 aliphatic carbocycles. The first-order chi connectivity index (χ1) is 10.5. The van der Waals surface area contributed by atoms with Crippen molar-refractivity contribution in [2.75, 3.05) is 11.9 Å². The van der Waals surface area contributed by atoms with Crippen LogP contribution in [0, 0.1) is 19.8 Å². The minimum Gasteiger partial charge on any atom is -0.355 e. The SMILES string of the molecule is Cc1ccc(Nc2ccnc(C(=O)NCC(C)C)c2)cc1C. The molecule has 0 fully saturated rings. The molecule has 0 saturated carbocycles. The van der Waals surface area contributed by atoms with Crippen LogP contribution < -0.4 is 10.6 Å². The minimum absolute atomic E-state index is 0.141. The highest BCUT2D eigenvalue weighted by molar-refractivity contribution is 5.93. The van der Waals surface area contributed by atoms with Crippen LogP contribution in [0.15, 0.2) is 36.5 Å². The molecular weight excluding hydrogens is 274 g/mol. The van der Waals surface area contributed by atoms with Crippen molar-refractivity contribution in [2.45, 2.75) is 27.7 Å². The zero-order chi connectivity index (χ0) is 16.1. The van der Waals surface area contributed by atoms with E-state index >= 15 is 0 Å². The van der Waals surface area contributed by atoms with E-state index in [1.165, 1.54) is 11.1 Å². The molecule has 2 rings (SSSR count). The number of hydrogen-bond donors (Lipinski definition) is 2. The molecule has 1 heterocycles. The number of amides is 1. The lowest BCUT2D eigenvalue weighted by Crippen LogP contribution is -2.28. The summed E-state index contributed by atoms with van der Waals surface area (Å²) in [5.74, 6) is 0.276. The molecule has 0 atom stereocenters. The molecule has 0 aliphatic heterocycles. The molecule has 2 N–H and O–H groups in total. The Hall–Kier alpha value is -2.36. The van der Waals surface area contributed by atoms with E-state index in [4.69, 9.17) is 0 Å². The predicted molar refractivity (Wildman–Crippen MR) is 90.6 cm³/mol. The maximum Gasteiger partial charge on any atom is 0.269 e. The van der Waals surface area contributed by atoms with Gasteiger partial charge in [-0.05, 0) is 55.2 Å². The van der Waals surface area contributed by atoms with Crippen LogP contribution in [-0.4, -0.2) is 17.4 Å². The molecule has 1 aromatic carbocycles. The van der Waals surface area contributed by atoms with Crippen LogP contribution >= 0.6 is 0 Å². The summed E-state index contributed by atoms with van der Waals surface area (Å²) in [6.45, 7) is 8.94. The van der Waals surface area contributed by atoms with E-state index in [9.17, 15) is 4.79 Å². The maximum atomic E-state index is 12.1. The highest BCUT2D eigenvalue weighted by Crippen LogP contribution is 2.19. The van der Waals surface area contributed by atoms with Gasteiger partial charge in [-0.25, -0.2) is 0 Å². The summed E-state index contributed by atoms with van der Waals surface area (Å²) in [5, 5.41) is 6.19. The summed E-state index contributed by atoms with van der Waals surface area (Å²) in [7, 11) is 0. The number of nitrogens with one attached hydrogen (secondary N) is 2. The first-order valence-corrected chi connectivity index (χ1v) is 7.54. The first-order valence-electron chi connectivity index (χ1n) is 7.54. The Morgan fingerprint density at radius 3 is 2.50 bits per heavy atom. The van der Waals surface area contributed by atoms with Crippen LogP contribution in [0.4, 0.5) is 11.4 Å². The summed E-state index contributed by atoms with van der Waals surface area (Å²) in [6, 6.07) is 9.82. The van der Waals surface area contributed by atoms with E-state index in [0.29, 0.717) is 18.2 Å². The van der Waals surface area contributed by atoms with Gasteiger partial charge in [0.15, 0.2) is 0 Å². The second-order valence-electron chi connectivity index (χ2n) is 5.96. The summed E-state index contributed by atoms with van der Waals surface area (Å²) >= 11 is 0. The molecule has 0 bridgehead atoms. The van der Waals surface area contributed by atoms with E-state index in [-0.39, 0.29) is 5.91 Å². The zero-order valence-corrected chi connectivity index (χ0v) is 13.6. The van der Waals surface area contributed by atoms with Crippen molar-refractivity contribution < 1.29 is 4.79 Å². The largest absolute Gasteiger partial charge is 0.355 e. The second-order valence-corrected chi connectivity index (χ2v) is 5.96. The highest BCUT2D eigenvalue weighted by Gasteiger charge is 2.08. The molecule has 0 spiro atoms. The zero-order valence-electron chi connectivity index (χ0n) is 13.6. The van der Waals surface area contributed by atoms with Crippen molar-refractivity contribution in [3.8, 4) is 0 Å². The monoisotopic (exact) mass is 297 g/mol. The molecule has 22 heavy (non-hydrogen) atoms. The average molecular weight is 297 g/mol. The Morgan fingerprint density at radius 2 is 1.82 bits per heavy atom. The fraction of sp³-hybridized carbons (Fsp3) is 0.333. The number of carbonyl (C=O) groups excluding carboxylic acids is 1. The molecule has 1 aromatic heterocycles. The number of hydrogen-bond acceptors (Lipinski definition) is 3. The quantitative estimate of drug-likeness (QED) is 0.882. The van der Waals surface area contributed by atoms with Gasteiger partial charge in [0.2, 0.25) is 0 Å². The third-order valence-corrected chi connectivity index (χ3v) is 3.46. The number of aromatic nitrogens is 1. The Morgan fingerprint density at radius 1 is 1.09 bits per heavy atom. The number of rotatable bonds is 5. The van der Waals surface area contributed by atoms with E-state index in [0.717, 1.165) is 11.4 Å². The normalized spacial score (nSPS) is 10.6. The van der Waals surface area contributed by atoms with Gasteiger partial charge >= 0.3 is 0 Å². The highest BCUT2D eigenvalue weighted by atomic mass is 16.1. The van der Waals surface area contributed by atoms with Crippen LogP contribution in [0.2, 0.25) is 0 Å². The number of aryl methyl sites for hydroxylation is 2. The smallest absolute Gasteiger partial charge is 0.269 e. The van der Waals surface area contributed by atoms with Crippen molar-refractivity contribution in [1.29, 1.82) is 0 Å². The van der Waals surface area contributed by atoms with Crippen molar-refractivity contribution in [3.63, 3.8) is 0 Å². The Labute approximate surface area is 132 Å². The van der Waals surface area contributed by atoms with E-state index in [1.807, 2.05) is 12.1 Å². The number of pyridine rings is 1. The number of carbonyl (C=O) groups is 1. The Bertz CT molecular complexity index is 665. The first kappa shape index (κ1) is 16.0. The standard InChI is InChI=1S/C18H23N3O/c1-12(2)11-20-18(22)17-10-16(7-8-19-17)21-15-6-5-13(3)14(4)9-15/h5-10,12H,11H2,1-4H3,(H,19,21)(H,20,22). The summed E-state index contributed by atoms with van der Waals surface area (Å²) < 4.78 is 0. The van der Waals surface area contributed by atoms with Crippen molar-refractivity contribution in [1.82, 2.24) is 10.3 Å². The third-order valence-electron chi connectivity index (χ3n) is 3.46. The lowest BCUT2D eigenvalue weighted by atomic mass is 10.1. The molecule has 1 amide bonds.